The molecule has 0 saturated carbocycles. The Morgan fingerprint density at radius 3 is 1.41 bits per heavy atom. The van der Waals surface area contributed by atoms with Crippen LogP contribution in [0.2, 0.25) is 0 Å². The minimum Gasteiger partial charge on any atom is -0.295 e. The molecule has 0 bridgehead atoms. The first-order valence-electron chi connectivity index (χ1n) is 12.5. The normalized spacial score (nSPS) is 11.8. The molecule has 2 heterocycles. The van der Waals surface area contributed by atoms with Crippen LogP contribution in [-0.2, 0) is 5.41 Å². The molecule has 0 amide bonds. The van der Waals surface area contributed by atoms with Gasteiger partial charge in [-0.3, -0.25) is 19.8 Å². The lowest BCUT2D eigenvalue weighted by Crippen LogP contribution is -2.25. The Labute approximate surface area is 216 Å². The molecule has 3 aromatic carbocycles. The first-order valence-corrected chi connectivity index (χ1v) is 12.5. The van der Waals surface area contributed by atoms with E-state index in [9.17, 15) is 9.59 Å². The molecule has 188 valence electrons. The van der Waals surface area contributed by atoms with Crippen molar-refractivity contribution >= 4 is 0 Å². The molecule has 0 unspecified atom stereocenters. The zero-order chi connectivity index (χ0) is 26.3. The third kappa shape index (κ3) is 4.40. The van der Waals surface area contributed by atoms with Crippen LogP contribution in [0, 0.1) is 13.8 Å². The van der Waals surface area contributed by atoms with Crippen LogP contribution in [0.25, 0.3) is 11.4 Å². The first-order chi connectivity index (χ1) is 17.7. The van der Waals surface area contributed by atoms with Gasteiger partial charge >= 0.3 is 0 Å². The second kappa shape index (κ2) is 9.28. The summed E-state index contributed by atoms with van der Waals surface area (Å²) in [6, 6.07) is 27.3. The second-order valence-electron chi connectivity index (χ2n) is 10.6. The van der Waals surface area contributed by atoms with E-state index in [1.165, 1.54) is 5.56 Å². The largest absolute Gasteiger partial charge is 0.295 e. The maximum absolute atomic E-state index is 13.9. The van der Waals surface area contributed by atoms with E-state index in [4.69, 9.17) is 0 Å². The molecular formula is C31H32N4O2. The van der Waals surface area contributed by atoms with Crippen molar-refractivity contribution in [3.05, 3.63) is 139 Å². The minimum absolute atomic E-state index is 0.0118. The van der Waals surface area contributed by atoms with Gasteiger partial charge in [0.25, 0.3) is 11.1 Å². The van der Waals surface area contributed by atoms with Gasteiger partial charge in [-0.15, -0.1) is 0 Å². The number of hydrogen-bond donors (Lipinski definition) is 2. The molecule has 5 aromatic rings. The maximum atomic E-state index is 13.9. The van der Waals surface area contributed by atoms with Crippen molar-refractivity contribution in [1.29, 1.82) is 0 Å². The van der Waals surface area contributed by atoms with E-state index in [1.54, 1.807) is 9.36 Å². The maximum Gasteiger partial charge on any atom is 0.275 e. The van der Waals surface area contributed by atoms with E-state index in [2.05, 4.69) is 43.1 Å². The van der Waals surface area contributed by atoms with Gasteiger partial charge in [-0.05, 0) is 54.7 Å². The SMILES string of the molecule is Cc1[nH]n(-c2ccccc2)c(=O)c1C(c1ccc(C(C)(C)C)cc1)c1c(C)[nH]n(-c2ccccc2)c1=O. The fourth-order valence-corrected chi connectivity index (χ4v) is 4.97. The van der Waals surface area contributed by atoms with Gasteiger partial charge in [0.1, 0.15) is 0 Å². The number of aromatic nitrogens is 4. The molecule has 6 nitrogen and oxygen atoms in total. The van der Waals surface area contributed by atoms with Gasteiger partial charge in [-0.2, -0.15) is 0 Å². The van der Waals surface area contributed by atoms with Crippen LogP contribution >= 0.6 is 0 Å². The number of para-hydroxylation sites is 2. The van der Waals surface area contributed by atoms with Crippen molar-refractivity contribution in [3.63, 3.8) is 0 Å². The predicted octanol–water partition coefficient (Wildman–Crippen LogP) is 5.74. The molecule has 0 aliphatic rings. The highest BCUT2D eigenvalue weighted by Gasteiger charge is 2.31. The molecule has 0 fully saturated rings. The third-order valence-corrected chi connectivity index (χ3v) is 6.95. The number of nitrogens with one attached hydrogen (secondary N) is 2. The fraction of sp³-hybridized carbons (Fsp3) is 0.226. The van der Waals surface area contributed by atoms with Crippen LogP contribution in [0.15, 0.2) is 94.5 Å². The minimum atomic E-state index is -0.545. The van der Waals surface area contributed by atoms with E-state index in [0.717, 1.165) is 28.3 Å². The average Bonchev–Trinajstić information content (AvgIpc) is 3.35. The summed E-state index contributed by atoms with van der Waals surface area (Å²) in [5.74, 6) is -0.545. The number of benzene rings is 3. The van der Waals surface area contributed by atoms with Gasteiger partial charge in [-0.1, -0.05) is 81.4 Å². The summed E-state index contributed by atoms with van der Waals surface area (Å²) in [5.41, 5.74) is 5.81. The van der Waals surface area contributed by atoms with E-state index < -0.39 is 5.92 Å². The molecule has 0 aliphatic heterocycles. The van der Waals surface area contributed by atoms with Crippen LogP contribution in [-0.4, -0.2) is 19.6 Å². The molecule has 0 spiro atoms. The summed E-state index contributed by atoms with van der Waals surface area (Å²) < 4.78 is 3.11. The fourth-order valence-electron chi connectivity index (χ4n) is 4.97. The van der Waals surface area contributed by atoms with E-state index in [0.29, 0.717) is 11.1 Å². The molecular weight excluding hydrogens is 460 g/mol. The van der Waals surface area contributed by atoms with Gasteiger partial charge in [0.05, 0.1) is 22.5 Å². The number of rotatable bonds is 5. The second-order valence-corrected chi connectivity index (χ2v) is 10.6. The summed E-state index contributed by atoms with van der Waals surface area (Å²) in [6.07, 6.45) is 0. The number of aryl methyl sites for hydroxylation is 2. The molecule has 0 atom stereocenters. The van der Waals surface area contributed by atoms with E-state index >= 15 is 0 Å². The standard InChI is InChI=1S/C31H32N4O2/c1-20-26(29(36)34(32-20)24-12-8-6-9-13-24)28(22-16-18-23(19-17-22)31(3,4)5)27-21(2)33-35(30(27)37)25-14-10-7-11-15-25/h6-19,28,32-33H,1-5H3. The molecule has 0 aliphatic carbocycles. The van der Waals surface area contributed by atoms with Gasteiger partial charge < -0.3 is 0 Å². The van der Waals surface area contributed by atoms with Gasteiger partial charge in [0.2, 0.25) is 0 Å². The van der Waals surface area contributed by atoms with Crippen molar-refractivity contribution < 1.29 is 0 Å². The summed E-state index contributed by atoms with van der Waals surface area (Å²) in [7, 11) is 0. The molecule has 37 heavy (non-hydrogen) atoms. The van der Waals surface area contributed by atoms with Crippen molar-refractivity contribution in [1.82, 2.24) is 19.6 Å². The quantitative estimate of drug-likeness (QED) is 0.328. The lowest BCUT2D eigenvalue weighted by molar-refractivity contribution is 0.590. The van der Waals surface area contributed by atoms with Crippen LogP contribution in [0.4, 0.5) is 0 Å². The third-order valence-electron chi connectivity index (χ3n) is 6.95. The average molecular weight is 493 g/mol. The van der Waals surface area contributed by atoms with Crippen molar-refractivity contribution in [2.75, 3.05) is 0 Å². The Hall–Kier alpha value is -4.32. The predicted molar refractivity (Wildman–Crippen MR) is 148 cm³/mol. The highest BCUT2D eigenvalue weighted by atomic mass is 16.1. The van der Waals surface area contributed by atoms with Crippen LogP contribution in [0.1, 0.15) is 60.3 Å². The van der Waals surface area contributed by atoms with Crippen LogP contribution < -0.4 is 11.1 Å². The van der Waals surface area contributed by atoms with Gasteiger partial charge in [0, 0.05) is 17.3 Å². The lowest BCUT2D eigenvalue weighted by atomic mass is 9.82. The van der Waals surface area contributed by atoms with Crippen LogP contribution in [0.5, 0.6) is 0 Å². The number of hydrogen-bond acceptors (Lipinski definition) is 2. The molecule has 0 radical (unpaired) electrons. The highest BCUT2D eigenvalue weighted by Crippen LogP contribution is 2.33. The Kier molecular flexibility index (Phi) is 6.12. The number of H-pyrrole nitrogens is 2. The Morgan fingerprint density at radius 1 is 0.622 bits per heavy atom. The highest BCUT2D eigenvalue weighted by molar-refractivity contribution is 5.48. The van der Waals surface area contributed by atoms with E-state index in [-0.39, 0.29) is 16.5 Å². The van der Waals surface area contributed by atoms with Gasteiger partial charge in [0.15, 0.2) is 0 Å². The zero-order valence-corrected chi connectivity index (χ0v) is 21.9. The molecule has 5 rings (SSSR count). The smallest absolute Gasteiger partial charge is 0.275 e. The van der Waals surface area contributed by atoms with Crippen LogP contribution in [0.3, 0.4) is 0 Å². The van der Waals surface area contributed by atoms with Gasteiger partial charge in [-0.25, -0.2) is 9.36 Å². The summed E-state index contributed by atoms with van der Waals surface area (Å²) >= 11 is 0. The Balaban J connectivity index is 1.76. The Bertz CT molecular complexity index is 1550. The first kappa shape index (κ1) is 24.4. The summed E-state index contributed by atoms with van der Waals surface area (Å²) in [5, 5.41) is 6.49. The van der Waals surface area contributed by atoms with E-state index in [1.807, 2.05) is 86.6 Å². The molecule has 6 heteroatoms. The molecule has 2 N–H and O–H groups in total. The number of aromatic amines is 2. The molecule has 2 aromatic heterocycles. The Morgan fingerprint density at radius 2 is 1.03 bits per heavy atom. The lowest BCUT2D eigenvalue weighted by Gasteiger charge is -2.21. The summed E-state index contributed by atoms with van der Waals surface area (Å²) in [4.78, 5) is 27.8. The summed E-state index contributed by atoms with van der Waals surface area (Å²) in [6.45, 7) is 10.3. The topological polar surface area (TPSA) is 75.6 Å². The van der Waals surface area contributed by atoms with Crippen molar-refractivity contribution in [2.45, 2.75) is 46.0 Å². The monoisotopic (exact) mass is 492 g/mol. The number of nitrogens with zero attached hydrogens (tertiary/aromatic N) is 2. The van der Waals surface area contributed by atoms with Crippen molar-refractivity contribution in [2.24, 2.45) is 0 Å². The van der Waals surface area contributed by atoms with Crippen molar-refractivity contribution in [3.8, 4) is 11.4 Å². The zero-order valence-electron chi connectivity index (χ0n) is 21.9. The molecule has 0 saturated heterocycles.